The summed E-state index contributed by atoms with van der Waals surface area (Å²) in [6.45, 7) is 3.29. The topological polar surface area (TPSA) is 90.8 Å². The van der Waals surface area contributed by atoms with E-state index in [9.17, 15) is 14.7 Å². The van der Waals surface area contributed by atoms with Gasteiger partial charge in [-0.25, -0.2) is 5.43 Å². The highest BCUT2D eigenvalue weighted by atomic mass is 35.5. The Morgan fingerprint density at radius 3 is 2.58 bits per heavy atom. The monoisotopic (exact) mass is 393 g/mol. The molecule has 0 saturated heterocycles. The number of amides is 2. The maximum atomic E-state index is 12.1. The Kier molecular flexibility index (Phi) is 6.60. The third-order valence-corrected chi connectivity index (χ3v) is 4.19. The molecule has 0 aliphatic heterocycles. The summed E-state index contributed by atoms with van der Waals surface area (Å²) in [6, 6.07) is 9.57. The third-order valence-electron chi connectivity index (χ3n) is 3.45. The molecule has 8 heteroatoms. The van der Waals surface area contributed by atoms with Crippen LogP contribution in [0.4, 0.5) is 5.69 Å². The lowest BCUT2D eigenvalue weighted by atomic mass is 10.1. The van der Waals surface area contributed by atoms with E-state index in [2.05, 4.69) is 15.8 Å². The highest BCUT2D eigenvalue weighted by Gasteiger charge is 2.12. The van der Waals surface area contributed by atoms with Gasteiger partial charge in [-0.1, -0.05) is 35.3 Å². The number of para-hydroxylation sites is 1. The van der Waals surface area contributed by atoms with Crippen molar-refractivity contribution < 1.29 is 14.7 Å². The molecule has 6 nitrogen and oxygen atoms in total. The molecule has 2 aromatic rings. The molecule has 26 heavy (non-hydrogen) atoms. The molecule has 0 spiro atoms. The molecule has 3 N–H and O–H groups in total. The molecule has 0 fully saturated rings. The van der Waals surface area contributed by atoms with E-state index in [4.69, 9.17) is 23.2 Å². The lowest BCUT2D eigenvalue weighted by Crippen LogP contribution is -2.21. The molecule has 2 rings (SSSR count). The summed E-state index contributed by atoms with van der Waals surface area (Å²) in [7, 11) is 0. The van der Waals surface area contributed by atoms with Crippen LogP contribution < -0.4 is 10.7 Å². The van der Waals surface area contributed by atoms with E-state index in [1.54, 1.807) is 38.1 Å². The quantitative estimate of drug-likeness (QED) is 0.526. The molecular weight excluding hydrogens is 377 g/mol. The Bertz CT molecular complexity index is 882. The van der Waals surface area contributed by atoms with E-state index in [1.807, 2.05) is 0 Å². The molecule has 136 valence electrons. The first-order chi connectivity index (χ1) is 12.3. The number of halogens is 2. The molecule has 2 amide bonds. The van der Waals surface area contributed by atoms with Crippen molar-refractivity contribution in [2.45, 2.75) is 20.3 Å². The van der Waals surface area contributed by atoms with Gasteiger partial charge in [0.15, 0.2) is 0 Å². The minimum Gasteiger partial charge on any atom is -0.507 e. The normalized spacial score (nSPS) is 11.2. The highest BCUT2D eigenvalue weighted by Crippen LogP contribution is 2.25. The number of aryl methyl sites for hydroxylation is 1. The minimum absolute atomic E-state index is 0.0275. The van der Waals surface area contributed by atoms with Crippen molar-refractivity contribution in [1.29, 1.82) is 0 Å². The van der Waals surface area contributed by atoms with Gasteiger partial charge in [-0.3, -0.25) is 9.59 Å². The van der Waals surface area contributed by atoms with Gasteiger partial charge >= 0.3 is 0 Å². The molecule has 0 radical (unpaired) electrons. The predicted molar refractivity (Wildman–Crippen MR) is 103 cm³/mol. The van der Waals surface area contributed by atoms with E-state index in [-0.39, 0.29) is 23.6 Å². The van der Waals surface area contributed by atoms with Crippen LogP contribution in [0.3, 0.4) is 0 Å². The average molecular weight is 394 g/mol. The maximum absolute atomic E-state index is 12.1. The number of carbonyl (C=O) groups is 2. The predicted octanol–water partition coefficient (Wildman–Crippen LogP) is 4.14. The lowest BCUT2D eigenvalue weighted by Gasteiger charge is -2.07. The molecule has 0 aromatic heterocycles. The number of carbonyl (C=O) groups excluding carboxylic acids is 2. The van der Waals surface area contributed by atoms with E-state index in [0.29, 0.717) is 27.0 Å². The summed E-state index contributed by atoms with van der Waals surface area (Å²) in [5, 5.41) is 17.2. The van der Waals surface area contributed by atoms with Crippen molar-refractivity contribution >= 4 is 46.4 Å². The molecule has 0 aliphatic carbocycles. The van der Waals surface area contributed by atoms with Crippen molar-refractivity contribution in [3.63, 3.8) is 0 Å². The van der Waals surface area contributed by atoms with Gasteiger partial charge in [0.25, 0.3) is 5.91 Å². The minimum atomic E-state index is -0.560. The zero-order valence-corrected chi connectivity index (χ0v) is 15.6. The van der Waals surface area contributed by atoms with Crippen LogP contribution in [0.25, 0.3) is 0 Å². The van der Waals surface area contributed by atoms with Crippen LogP contribution >= 0.6 is 23.2 Å². The smallest absolute Gasteiger partial charge is 0.275 e. The second kappa shape index (κ2) is 8.69. The number of benzene rings is 2. The fourth-order valence-electron chi connectivity index (χ4n) is 2.10. The standard InChI is InChI=1S/C18H17Cl2N3O3/c1-10-4-3-5-13(17(10)25)18(26)23-22-11(2)8-16(24)21-12-6-7-14(19)15(20)9-12/h3-7,9,25H,8H2,1-2H3,(H,21,24)(H,23,26). The van der Waals surface area contributed by atoms with Crippen molar-refractivity contribution in [3.05, 3.63) is 57.6 Å². The molecule has 0 bridgehead atoms. The Morgan fingerprint density at radius 2 is 1.88 bits per heavy atom. The van der Waals surface area contributed by atoms with E-state index < -0.39 is 5.91 Å². The average Bonchev–Trinajstić information content (AvgIpc) is 2.58. The number of hydrogen-bond acceptors (Lipinski definition) is 4. The van der Waals surface area contributed by atoms with Crippen LogP contribution in [0, 0.1) is 6.92 Å². The van der Waals surface area contributed by atoms with Gasteiger partial charge in [0.1, 0.15) is 5.75 Å². The Morgan fingerprint density at radius 1 is 1.15 bits per heavy atom. The molecule has 0 heterocycles. The Hall–Kier alpha value is -2.57. The maximum Gasteiger partial charge on any atom is 0.275 e. The van der Waals surface area contributed by atoms with Gasteiger partial charge in [0, 0.05) is 11.4 Å². The Labute approximate surface area is 160 Å². The summed E-state index contributed by atoms with van der Waals surface area (Å²) in [4.78, 5) is 24.1. The molecule has 2 aromatic carbocycles. The first-order valence-electron chi connectivity index (χ1n) is 7.65. The van der Waals surface area contributed by atoms with Gasteiger partial charge < -0.3 is 10.4 Å². The first-order valence-corrected chi connectivity index (χ1v) is 8.40. The van der Waals surface area contributed by atoms with Crippen LogP contribution in [-0.4, -0.2) is 22.6 Å². The zero-order valence-electron chi connectivity index (χ0n) is 14.1. The van der Waals surface area contributed by atoms with E-state index in [1.165, 1.54) is 12.1 Å². The van der Waals surface area contributed by atoms with Crippen molar-refractivity contribution in [3.8, 4) is 5.75 Å². The van der Waals surface area contributed by atoms with E-state index in [0.717, 1.165) is 0 Å². The number of nitrogens with zero attached hydrogens (tertiary/aromatic N) is 1. The summed E-state index contributed by atoms with van der Waals surface area (Å²) in [6.07, 6.45) is -0.0275. The highest BCUT2D eigenvalue weighted by molar-refractivity contribution is 6.42. The summed E-state index contributed by atoms with van der Waals surface area (Å²) in [5.41, 5.74) is 3.92. The first kappa shape index (κ1) is 19.8. The lowest BCUT2D eigenvalue weighted by molar-refractivity contribution is -0.115. The van der Waals surface area contributed by atoms with Crippen molar-refractivity contribution in [2.24, 2.45) is 5.10 Å². The number of nitrogens with one attached hydrogen (secondary N) is 2. The SMILES string of the molecule is CC(CC(=O)Nc1ccc(Cl)c(Cl)c1)=NNC(=O)c1cccc(C)c1O. The van der Waals surface area contributed by atoms with Gasteiger partial charge in [-0.05, 0) is 43.7 Å². The number of hydrogen-bond donors (Lipinski definition) is 3. The fourth-order valence-corrected chi connectivity index (χ4v) is 2.40. The second-order valence-electron chi connectivity index (χ2n) is 5.61. The number of rotatable bonds is 5. The van der Waals surface area contributed by atoms with Crippen LogP contribution in [0.5, 0.6) is 5.75 Å². The molecular formula is C18H17Cl2N3O3. The van der Waals surface area contributed by atoms with Crippen LogP contribution in [0.1, 0.15) is 29.3 Å². The molecule has 0 unspecified atom stereocenters. The fraction of sp³-hybridized carbons (Fsp3) is 0.167. The van der Waals surface area contributed by atoms with Gasteiger partial charge in [0.05, 0.1) is 22.0 Å². The zero-order chi connectivity index (χ0) is 19.3. The number of aromatic hydroxyl groups is 1. The number of phenols is 1. The molecule has 0 saturated carbocycles. The number of hydrazone groups is 1. The van der Waals surface area contributed by atoms with Gasteiger partial charge in [0.2, 0.25) is 5.91 Å². The Balaban J connectivity index is 1.94. The number of phenolic OH excluding ortho intramolecular Hbond substituents is 1. The molecule has 0 atom stereocenters. The van der Waals surface area contributed by atoms with Gasteiger partial charge in [-0.2, -0.15) is 5.10 Å². The number of anilines is 1. The third kappa shape index (κ3) is 5.21. The van der Waals surface area contributed by atoms with Gasteiger partial charge in [-0.15, -0.1) is 0 Å². The summed E-state index contributed by atoms with van der Waals surface area (Å²) < 4.78 is 0. The summed E-state index contributed by atoms with van der Waals surface area (Å²) >= 11 is 11.7. The van der Waals surface area contributed by atoms with E-state index >= 15 is 0 Å². The van der Waals surface area contributed by atoms with Crippen LogP contribution in [-0.2, 0) is 4.79 Å². The summed E-state index contributed by atoms with van der Waals surface area (Å²) in [5.74, 6) is -0.983. The largest absolute Gasteiger partial charge is 0.507 e. The second-order valence-corrected chi connectivity index (χ2v) is 6.43. The van der Waals surface area contributed by atoms with Crippen LogP contribution in [0.2, 0.25) is 10.0 Å². The van der Waals surface area contributed by atoms with Crippen LogP contribution in [0.15, 0.2) is 41.5 Å². The molecule has 0 aliphatic rings. The van der Waals surface area contributed by atoms with Crippen molar-refractivity contribution in [2.75, 3.05) is 5.32 Å². The van der Waals surface area contributed by atoms with Crippen molar-refractivity contribution in [1.82, 2.24) is 5.43 Å².